The summed E-state index contributed by atoms with van der Waals surface area (Å²) in [6, 6.07) is 0.0499. The molecule has 1 aliphatic carbocycles. The first-order valence-electron chi connectivity index (χ1n) is 8.05. The van der Waals surface area contributed by atoms with E-state index in [1.54, 1.807) is 21.8 Å². The first kappa shape index (κ1) is 15.5. The van der Waals surface area contributed by atoms with Gasteiger partial charge in [-0.25, -0.2) is 4.68 Å². The van der Waals surface area contributed by atoms with Crippen molar-refractivity contribution in [3.05, 3.63) is 23.9 Å². The summed E-state index contributed by atoms with van der Waals surface area (Å²) >= 11 is 0. The van der Waals surface area contributed by atoms with E-state index in [4.69, 9.17) is 5.73 Å². The molecule has 0 saturated heterocycles. The molecule has 3 rings (SSSR count). The summed E-state index contributed by atoms with van der Waals surface area (Å²) in [5, 5.41) is 15.1. The number of anilines is 1. The van der Waals surface area contributed by atoms with Gasteiger partial charge in [-0.15, -0.1) is 10.2 Å². The number of rotatable bonds is 4. The molecule has 8 nitrogen and oxygen atoms in total. The van der Waals surface area contributed by atoms with Crippen molar-refractivity contribution in [3.63, 3.8) is 0 Å². The molecule has 2 aromatic rings. The van der Waals surface area contributed by atoms with Crippen LogP contribution >= 0.6 is 0 Å². The Morgan fingerprint density at radius 2 is 2.13 bits per heavy atom. The highest BCUT2D eigenvalue weighted by molar-refractivity contribution is 5.98. The van der Waals surface area contributed by atoms with Crippen molar-refractivity contribution in [2.75, 3.05) is 5.73 Å². The van der Waals surface area contributed by atoms with Gasteiger partial charge in [-0.3, -0.25) is 4.79 Å². The predicted octanol–water partition coefficient (Wildman–Crippen LogP) is 1.59. The topological polar surface area (TPSA) is 104 Å². The molecule has 1 aliphatic rings. The summed E-state index contributed by atoms with van der Waals surface area (Å²) in [6.45, 7) is 1.86. The van der Waals surface area contributed by atoms with Gasteiger partial charge in [0.15, 0.2) is 5.82 Å². The van der Waals surface area contributed by atoms with Crippen LogP contribution in [0.5, 0.6) is 0 Å². The predicted molar refractivity (Wildman–Crippen MR) is 85.6 cm³/mol. The number of aryl methyl sites for hydroxylation is 1. The average Bonchev–Trinajstić information content (AvgIpc) is 3.14. The summed E-state index contributed by atoms with van der Waals surface area (Å²) < 4.78 is 3.58. The molecule has 0 spiro atoms. The van der Waals surface area contributed by atoms with E-state index in [-0.39, 0.29) is 11.9 Å². The third-order valence-electron chi connectivity index (χ3n) is 4.48. The first-order chi connectivity index (χ1) is 11.1. The van der Waals surface area contributed by atoms with Crippen LogP contribution < -0.4 is 11.1 Å². The lowest BCUT2D eigenvalue weighted by Gasteiger charge is -2.23. The Bertz CT molecular complexity index is 684. The molecule has 1 amide bonds. The smallest absolute Gasteiger partial charge is 0.257 e. The molecule has 0 unspecified atom stereocenters. The van der Waals surface area contributed by atoms with Crippen molar-refractivity contribution in [3.8, 4) is 0 Å². The van der Waals surface area contributed by atoms with E-state index in [0.717, 1.165) is 12.8 Å². The van der Waals surface area contributed by atoms with E-state index in [9.17, 15) is 4.79 Å². The molecule has 0 aliphatic heterocycles. The lowest BCUT2D eigenvalue weighted by molar-refractivity contribution is 0.0938. The van der Waals surface area contributed by atoms with Crippen molar-refractivity contribution in [1.29, 1.82) is 0 Å². The number of nitrogen functional groups attached to an aromatic ring is 1. The number of hydrogen-bond acceptors (Lipinski definition) is 5. The molecule has 0 radical (unpaired) electrons. The molecule has 23 heavy (non-hydrogen) atoms. The molecule has 2 aromatic heterocycles. The minimum Gasteiger partial charge on any atom is -0.383 e. The highest BCUT2D eigenvalue weighted by atomic mass is 16.1. The number of nitrogens with two attached hydrogens (primary N) is 1. The van der Waals surface area contributed by atoms with Gasteiger partial charge in [0.2, 0.25) is 0 Å². The second kappa shape index (κ2) is 6.39. The maximum atomic E-state index is 12.5. The van der Waals surface area contributed by atoms with Crippen molar-refractivity contribution in [1.82, 2.24) is 29.9 Å². The van der Waals surface area contributed by atoms with E-state index in [1.807, 2.05) is 14.0 Å². The van der Waals surface area contributed by atoms with Crippen LogP contribution in [0, 0.1) is 0 Å². The summed E-state index contributed by atoms with van der Waals surface area (Å²) in [5.74, 6) is 0.899. The van der Waals surface area contributed by atoms with Crippen LogP contribution in [0.1, 0.15) is 67.3 Å². The number of nitrogens with zero attached hydrogens (tertiary/aromatic N) is 5. The Morgan fingerprint density at radius 3 is 2.78 bits per heavy atom. The van der Waals surface area contributed by atoms with E-state index in [2.05, 4.69) is 20.6 Å². The zero-order valence-electron chi connectivity index (χ0n) is 13.6. The van der Waals surface area contributed by atoms with Crippen molar-refractivity contribution in [2.45, 2.75) is 51.1 Å². The lowest BCUT2D eigenvalue weighted by atomic mass is 9.96. The summed E-state index contributed by atoms with van der Waals surface area (Å²) in [7, 11) is 1.84. The maximum absolute atomic E-state index is 12.5. The summed E-state index contributed by atoms with van der Waals surface area (Å²) in [4.78, 5) is 12.5. The van der Waals surface area contributed by atoms with Gasteiger partial charge in [0.25, 0.3) is 5.91 Å². The molecule has 0 bridgehead atoms. The van der Waals surface area contributed by atoms with Crippen molar-refractivity contribution in [2.24, 2.45) is 7.05 Å². The number of aromatic nitrogens is 5. The van der Waals surface area contributed by atoms with Crippen LogP contribution in [0.2, 0.25) is 0 Å². The van der Waals surface area contributed by atoms with Gasteiger partial charge in [0.1, 0.15) is 17.7 Å². The Balaban J connectivity index is 1.73. The van der Waals surface area contributed by atoms with Crippen molar-refractivity contribution >= 4 is 11.7 Å². The molecular formula is C15H23N7O. The van der Waals surface area contributed by atoms with Crippen LogP contribution in [0.4, 0.5) is 5.82 Å². The van der Waals surface area contributed by atoms with Gasteiger partial charge < -0.3 is 15.6 Å². The fraction of sp³-hybridized carbons (Fsp3) is 0.600. The number of carbonyl (C=O) groups is 1. The quantitative estimate of drug-likeness (QED) is 0.891. The van der Waals surface area contributed by atoms with Gasteiger partial charge in [0, 0.05) is 7.05 Å². The monoisotopic (exact) mass is 317 g/mol. The average molecular weight is 317 g/mol. The van der Waals surface area contributed by atoms with Crippen LogP contribution in [-0.4, -0.2) is 30.5 Å². The Labute approximate surface area is 135 Å². The zero-order valence-corrected chi connectivity index (χ0v) is 13.6. The van der Waals surface area contributed by atoms with Crippen molar-refractivity contribution < 1.29 is 4.79 Å². The minimum atomic E-state index is -0.257. The SMILES string of the molecule is C[C@@H](NC(=O)c1cnn(C2CCCCC2)c1N)c1nncn1C. The largest absolute Gasteiger partial charge is 0.383 e. The molecular weight excluding hydrogens is 294 g/mol. The highest BCUT2D eigenvalue weighted by Crippen LogP contribution is 2.30. The standard InChI is InChI=1S/C15H23N7O/c1-10(14-20-17-9-21(14)2)19-15(23)12-8-18-22(13(12)16)11-6-4-3-5-7-11/h8-11H,3-7,16H2,1-2H3,(H,19,23)/t10-/m1/s1. The van der Waals surface area contributed by atoms with Gasteiger partial charge in [-0.1, -0.05) is 19.3 Å². The van der Waals surface area contributed by atoms with E-state index >= 15 is 0 Å². The van der Waals surface area contributed by atoms with E-state index in [1.165, 1.54) is 19.3 Å². The third kappa shape index (κ3) is 3.06. The van der Waals surface area contributed by atoms with E-state index < -0.39 is 0 Å². The van der Waals surface area contributed by atoms with Crippen LogP contribution in [0.3, 0.4) is 0 Å². The zero-order chi connectivity index (χ0) is 16.4. The lowest BCUT2D eigenvalue weighted by Crippen LogP contribution is -2.29. The summed E-state index contributed by atoms with van der Waals surface area (Å²) in [5.41, 5.74) is 6.59. The number of hydrogen-bond donors (Lipinski definition) is 2. The molecule has 1 atom stereocenters. The normalized spacial score (nSPS) is 17.1. The number of carbonyl (C=O) groups excluding carboxylic acids is 1. The van der Waals surface area contributed by atoms with Gasteiger partial charge in [-0.2, -0.15) is 5.10 Å². The summed E-state index contributed by atoms with van der Waals surface area (Å²) in [6.07, 6.45) is 8.95. The fourth-order valence-electron chi connectivity index (χ4n) is 3.19. The molecule has 124 valence electrons. The van der Waals surface area contributed by atoms with Crippen LogP contribution in [0.15, 0.2) is 12.5 Å². The third-order valence-corrected chi connectivity index (χ3v) is 4.48. The molecule has 3 N–H and O–H groups in total. The minimum absolute atomic E-state index is 0.236. The Kier molecular flexibility index (Phi) is 4.31. The van der Waals surface area contributed by atoms with Crippen LogP contribution in [0.25, 0.3) is 0 Å². The molecule has 1 saturated carbocycles. The fourth-order valence-corrected chi connectivity index (χ4v) is 3.19. The first-order valence-corrected chi connectivity index (χ1v) is 8.05. The van der Waals surface area contributed by atoms with Gasteiger partial charge in [0.05, 0.1) is 18.3 Å². The van der Waals surface area contributed by atoms with E-state index in [0.29, 0.717) is 23.2 Å². The highest BCUT2D eigenvalue weighted by Gasteiger charge is 2.23. The van der Waals surface area contributed by atoms with Crippen LogP contribution in [-0.2, 0) is 7.05 Å². The molecule has 1 fully saturated rings. The van der Waals surface area contributed by atoms with Gasteiger partial charge >= 0.3 is 0 Å². The molecule has 2 heterocycles. The number of amides is 1. The Hall–Kier alpha value is -2.38. The molecule has 0 aromatic carbocycles. The molecule has 8 heteroatoms. The Morgan fingerprint density at radius 1 is 1.39 bits per heavy atom. The maximum Gasteiger partial charge on any atom is 0.257 e. The van der Waals surface area contributed by atoms with Gasteiger partial charge in [-0.05, 0) is 19.8 Å². The second-order valence-electron chi connectivity index (χ2n) is 6.18. The second-order valence-corrected chi connectivity index (χ2v) is 6.18. The number of nitrogens with one attached hydrogen (secondary N) is 1.